The summed E-state index contributed by atoms with van der Waals surface area (Å²) in [7, 11) is 1.71. The SMILES string of the molecule is COCC(C)(C)COc1ccc(N2CCNCC2)nc1. The number of pyridine rings is 1. The second-order valence-electron chi connectivity index (χ2n) is 5.98. The van der Waals surface area contributed by atoms with Gasteiger partial charge in [-0.2, -0.15) is 0 Å². The fourth-order valence-corrected chi connectivity index (χ4v) is 2.25. The first-order valence-corrected chi connectivity index (χ1v) is 7.14. The predicted molar refractivity (Wildman–Crippen MR) is 80.5 cm³/mol. The number of rotatable bonds is 6. The first-order chi connectivity index (χ1) is 9.61. The summed E-state index contributed by atoms with van der Waals surface area (Å²) in [5.41, 5.74) is 0.00591. The summed E-state index contributed by atoms with van der Waals surface area (Å²) in [6, 6.07) is 4.03. The number of piperazine rings is 1. The third kappa shape index (κ3) is 4.35. The summed E-state index contributed by atoms with van der Waals surface area (Å²) < 4.78 is 11.0. The van der Waals surface area contributed by atoms with Gasteiger partial charge in [0.2, 0.25) is 0 Å². The Bertz CT molecular complexity index is 400. The molecule has 2 rings (SSSR count). The van der Waals surface area contributed by atoms with E-state index in [-0.39, 0.29) is 5.41 Å². The molecule has 1 aliphatic rings. The van der Waals surface area contributed by atoms with Gasteiger partial charge in [-0.15, -0.1) is 0 Å². The van der Waals surface area contributed by atoms with E-state index in [1.807, 2.05) is 12.1 Å². The maximum atomic E-state index is 5.79. The number of nitrogens with zero attached hydrogens (tertiary/aromatic N) is 2. The molecule has 0 unspecified atom stereocenters. The van der Waals surface area contributed by atoms with E-state index in [1.54, 1.807) is 13.3 Å². The van der Waals surface area contributed by atoms with Crippen LogP contribution in [0.2, 0.25) is 0 Å². The zero-order valence-electron chi connectivity index (χ0n) is 12.7. The Balaban J connectivity index is 1.88. The van der Waals surface area contributed by atoms with Crippen LogP contribution in [0.25, 0.3) is 0 Å². The fraction of sp³-hybridized carbons (Fsp3) is 0.667. The van der Waals surface area contributed by atoms with E-state index in [9.17, 15) is 0 Å². The number of hydrogen-bond acceptors (Lipinski definition) is 5. The minimum atomic E-state index is 0.00591. The van der Waals surface area contributed by atoms with Gasteiger partial charge in [0.1, 0.15) is 11.6 Å². The van der Waals surface area contributed by atoms with Crippen LogP contribution in [0, 0.1) is 5.41 Å². The Morgan fingerprint density at radius 3 is 2.60 bits per heavy atom. The molecule has 0 amide bonds. The van der Waals surface area contributed by atoms with Crippen molar-refractivity contribution in [2.24, 2.45) is 5.41 Å². The number of nitrogens with one attached hydrogen (secondary N) is 1. The van der Waals surface area contributed by atoms with Crippen LogP contribution in [0.15, 0.2) is 18.3 Å². The van der Waals surface area contributed by atoms with Crippen molar-refractivity contribution >= 4 is 5.82 Å². The Morgan fingerprint density at radius 1 is 1.25 bits per heavy atom. The molecule has 0 saturated carbocycles. The number of anilines is 1. The predicted octanol–water partition coefficient (Wildman–Crippen LogP) is 1.54. The molecule has 1 aromatic rings. The largest absolute Gasteiger partial charge is 0.491 e. The van der Waals surface area contributed by atoms with Gasteiger partial charge >= 0.3 is 0 Å². The number of ether oxygens (including phenoxy) is 2. The molecule has 1 saturated heterocycles. The monoisotopic (exact) mass is 279 g/mol. The normalized spacial score (nSPS) is 16.2. The van der Waals surface area contributed by atoms with Crippen LogP contribution >= 0.6 is 0 Å². The molecule has 0 radical (unpaired) electrons. The van der Waals surface area contributed by atoms with Crippen molar-refractivity contribution in [3.63, 3.8) is 0 Å². The van der Waals surface area contributed by atoms with E-state index in [0.29, 0.717) is 13.2 Å². The van der Waals surface area contributed by atoms with Crippen LogP contribution in [0.3, 0.4) is 0 Å². The van der Waals surface area contributed by atoms with Gasteiger partial charge in [0.25, 0.3) is 0 Å². The van der Waals surface area contributed by atoms with Crippen LogP contribution in [0.4, 0.5) is 5.82 Å². The number of hydrogen-bond donors (Lipinski definition) is 1. The lowest BCUT2D eigenvalue weighted by atomic mass is 9.96. The quantitative estimate of drug-likeness (QED) is 0.856. The zero-order chi connectivity index (χ0) is 14.4. The Hall–Kier alpha value is -1.33. The van der Waals surface area contributed by atoms with E-state index in [1.165, 1.54) is 0 Å². The molecule has 1 fully saturated rings. The highest BCUT2D eigenvalue weighted by Gasteiger charge is 2.19. The van der Waals surface area contributed by atoms with Gasteiger partial charge in [-0.1, -0.05) is 13.8 Å². The second-order valence-corrected chi connectivity index (χ2v) is 5.98. The van der Waals surface area contributed by atoms with E-state index in [2.05, 4.69) is 29.0 Å². The van der Waals surface area contributed by atoms with Crippen LogP contribution in [-0.2, 0) is 4.74 Å². The summed E-state index contributed by atoms with van der Waals surface area (Å²) in [6.45, 7) is 9.60. The number of methoxy groups -OCH3 is 1. The first-order valence-electron chi connectivity index (χ1n) is 7.14. The molecule has 5 heteroatoms. The van der Waals surface area contributed by atoms with Gasteiger partial charge < -0.3 is 19.7 Å². The highest BCUT2D eigenvalue weighted by atomic mass is 16.5. The van der Waals surface area contributed by atoms with Crippen LogP contribution in [-0.4, -0.2) is 51.5 Å². The minimum Gasteiger partial charge on any atom is -0.491 e. The molecular formula is C15H25N3O2. The highest BCUT2D eigenvalue weighted by molar-refractivity contribution is 5.41. The summed E-state index contributed by atoms with van der Waals surface area (Å²) in [6.07, 6.45) is 1.81. The van der Waals surface area contributed by atoms with Crippen molar-refractivity contribution in [1.82, 2.24) is 10.3 Å². The lowest BCUT2D eigenvalue weighted by Gasteiger charge is -2.28. The molecule has 20 heavy (non-hydrogen) atoms. The second kappa shape index (κ2) is 6.90. The van der Waals surface area contributed by atoms with E-state index in [4.69, 9.17) is 9.47 Å². The van der Waals surface area contributed by atoms with Crippen molar-refractivity contribution in [2.75, 3.05) is 51.4 Å². The average Bonchev–Trinajstić information content (AvgIpc) is 2.47. The maximum Gasteiger partial charge on any atom is 0.137 e. The Morgan fingerprint density at radius 2 is 2.00 bits per heavy atom. The molecule has 0 aromatic carbocycles. The molecule has 1 N–H and O–H groups in total. The van der Waals surface area contributed by atoms with Gasteiger partial charge in [0.15, 0.2) is 0 Å². The molecule has 5 nitrogen and oxygen atoms in total. The standard InChI is InChI=1S/C15H25N3O2/c1-15(2,11-19-3)12-20-13-4-5-14(17-10-13)18-8-6-16-7-9-18/h4-5,10,16H,6-9,11-12H2,1-3H3. The molecule has 0 aliphatic carbocycles. The van der Waals surface area contributed by atoms with Crippen LogP contribution < -0.4 is 15.0 Å². The summed E-state index contributed by atoms with van der Waals surface area (Å²) in [5.74, 6) is 1.84. The molecule has 1 aliphatic heterocycles. The van der Waals surface area contributed by atoms with Gasteiger partial charge in [-0.25, -0.2) is 4.98 Å². The van der Waals surface area contributed by atoms with Crippen LogP contribution in [0.1, 0.15) is 13.8 Å². The van der Waals surface area contributed by atoms with E-state index >= 15 is 0 Å². The van der Waals surface area contributed by atoms with E-state index in [0.717, 1.165) is 37.7 Å². The maximum absolute atomic E-state index is 5.79. The van der Waals surface area contributed by atoms with E-state index < -0.39 is 0 Å². The first kappa shape index (κ1) is 15.1. The molecule has 112 valence electrons. The lowest BCUT2D eigenvalue weighted by Crippen LogP contribution is -2.43. The fourth-order valence-electron chi connectivity index (χ4n) is 2.25. The summed E-state index contributed by atoms with van der Waals surface area (Å²) in [4.78, 5) is 6.78. The molecule has 0 spiro atoms. The molecule has 2 heterocycles. The molecule has 1 aromatic heterocycles. The van der Waals surface area contributed by atoms with Crippen molar-refractivity contribution < 1.29 is 9.47 Å². The average molecular weight is 279 g/mol. The number of aromatic nitrogens is 1. The van der Waals surface area contributed by atoms with Crippen molar-refractivity contribution in [2.45, 2.75) is 13.8 Å². The van der Waals surface area contributed by atoms with Crippen molar-refractivity contribution in [3.05, 3.63) is 18.3 Å². The highest BCUT2D eigenvalue weighted by Crippen LogP contribution is 2.20. The van der Waals surface area contributed by atoms with Gasteiger partial charge in [-0.05, 0) is 12.1 Å². The third-order valence-corrected chi connectivity index (χ3v) is 3.33. The summed E-state index contributed by atoms with van der Waals surface area (Å²) in [5, 5.41) is 3.34. The van der Waals surface area contributed by atoms with Gasteiger partial charge in [0.05, 0.1) is 19.4 Å². The Kier molecular flexibility index (Phi) is 5.20. The zero-order valence-corrected chi connectivity index (χ0v) is 12.7. The topological polar surface area (TPSA) is 46.6 Å². The van der Waals surface area contributed by atoms with Crippen LogP contribution in [0.5, 0.6) is 5.75 Å². The molecule has 0 bridgehead atoms. The summed E-state index contributed by atoms with van der Waals surface area (Å²) >= 11 is 0. The molecular weight excluding hydrogens is 254 g/mol. The third-order valence-electron chi connectivity index (χ3n) is 3.33. The van der Waals surface area contributed by atoms with Crippen molar-refractivity contribution in [1.29, 1.82) is 0 Å². The lowest BCUT2D eigenvalue weighted by molar-refractivity contribution is 0.0643. The van der Waals surface area contributed by atoms with Gasteiger partial charge in [0, 0.05) is 38.7 Å². The minimum absolute atomic E-state index is 0.00591. The molecule has 0 atom stereocenters. The smallest absolute Gasteiger partial charge is 0.137 e. The van der Waals surface area contributed by atoms with Crippen molar-refractivity contribution in [3.8, 4) is 5.75 Å². The van der Waals surface area contributed by atoms with Gasteiger partial charge in [-0.3, -0.25) is 0 Å². The Labute approximate surface area is 121 Å².